The Kier molecular flexibility index (Phi) is 6.27. The van der Waals surface area contributed by atoms with E-state index in [9.17, 15) is 13.2 Å². The first-order valence-corrected chi connectivity index (χ1v) is 9.39. The number of nitrogens with one attached hydrogen (secondary N) is 1. The Morgan fingerprint density at radius 1 is 1.16 bits per heavy atom. The van der Waals surface area contributed by atoms with Gasteiger partial charge in [0.1, 0.15) is 5.75 Å². The predicted molar refractivity (Wildman–Crippen MR) is 96.9 cm³/mol. The van der Waals surface area contributed by atoms with Crippen LogP contribution < -0.4 is 9.46 Å². The highest BCUT2D eigenvalue weighted by atomic mass is 35.5. The Morgan fingerprint density at radius 2 is 1.92 bits per heavy atom. The largest absolute Gasteiger partial charge is 0.497 e. The molecule has 0 bridgehead atoms. The fraction of sp³-hybridized carbons (Fsp3) is 0.235. The zero-order valence-electron chi connectivity index (χ0n) is 13.8. The van der Waals surface area contributed by atoms with E-state index in [0.717, 1.165) is 5.56 Å². The van der Waals surface area contributed by atoms with Crippen molar-refractivity contribution in [3.05, 3.63) is 58.6 Å². The topological polar surface area (TPSA) is 81.7 Å². The van der Waals surface area contributed by atoms with E-state index in [1.54, 1.807) is 25.3 Å². The van der Waals surface area contributed by atoms with Gasteiger partial charge in [-0.15, -0.1) is 0 Å². The molecular formula is C17H18ClNO5S. The molecule has 134 valence electrons. The SMILES string of the molecule is COC(=O)c1ccc(Cl)c(NS(=O)(=O)CCc2cccc(OC)c2)c1. The predicted octanol–water partition coefficient (Wildman–Crippen LogP) is 3.12. The monoisotopic (exact) mass is 383 g/mol. The van der Waals surface area contributed by atoms with E-state index in [2.05, 4.69) is 9.46 Å². The molecule has 0 aromatic heterocycles. The van der Waals surface area contributed by atoms with Crippen molar-refractivity contribution in [3.8, 4) is 5.75 Å². The van der Waals surface area contributed by atoms with Crippen molar-refractivity contribution >= 4 is 33.3 Å². The van der Waals surface area contributed by atoms with Crippen molar-refractivity contribution < 1.29 is 22.7 Å². The summed E-state index contributed by atoms with van der Waals surface area (Å²) in [6.45, 7) is 0. The van der Waals surface area contributed by atoms with Crippen LogP contribution >= 0.6 is 11.6 Å². The number of carbonyl (C=O) groups is 1. The first kappa shape index (κ1) is 19.1. The highest BCUT2D eigenvalue weighted by molar-refractivity contribution is 7.92. The minimum atomic E-state index is -3.65. The average molecular weight is 384 g/mol. The molecule has 0 aliphatic carbocycles. The molecule has 0 amide bonds. The summed E-state index contributed by atoms with van der Waals surface area (Å²) in [6, 6.07) is 11.4. The zero-order valence-corrected chi connectivity index (χ0v) is 15.4. The summed E-state index contributed by atoms with van der Waals surface area (Å²) < 4.78 is 36.8. The van der Waals surface area contributed by atoms with Crippen molar-refractivity contribution in [2.45, 2.75) is 6.42 Å². The number of hydrogen-bond acceptors (Lipinski definition) is 5. The molecule has 0 spiro atoms. The van der Waals surface area contributed by atoms with Gasteiger partial charge in [-0.2, -0.15) is 0 Å². The second-order valence-electron chi connectivity index (χ2n) is 5.21. The third-order valence-electron chi connectivity index (χ3n) is 3.45. The Bertz CT molecular complexity index is 867. The molecule has 0 radical (unpaired) electrons. The summed E-state index contributed by atoms with van der Waals surface area (Å²) in [7, 11) is -0.857. The van der Waals surface area contributed by atoms with E-state index in [1.165, 1.54) is 25.3 Å². The molecule has 0 atom stereocenters. The van der Waals surface area contributed by atoms with Gasteiger partial charge in [0.25, 0.3) is 0 Å². The van der Waals surface area contributed by atoms with Crippen LogP contribution in [-0.2, 0) is 21.2 Å². The quantitative estimate of drug-likeness (QED) is 0.743. The zero-order chi connectivity index (χ0) is 18.4. The van der Waals surface area contributed by atoms with Crippen LogP contribution in [0.3, 0.4) is 0 Å². The van der Waals surface area contributed by atoms with E-state index in [-0.39, 0.29) is 22.0 Å². The van der Waals surface area contributed by atoms with Gasteiger partial charge in [0.15, 0.2) is 0 Å². The maximum Gasteiger partial charge on any atom is 0.337 e. The molecule has 25 heavy (non-hydrogen) atoms. The third kappa shape index (κ3) is 5.37. The first-order valence-electron chi connectivity index (χ1n) is 7.36. The number of sulfonamides is 1. The van der Waals surface area contributed by atoms with Crippen LogP contribution in [0.15, 0.2) is 42.5 Å². The van der Waals surface area contributed by atoms with Gasteiger partial charge in [-0.3, -0.25) is 4.72 Å². The minimum absolute atomic E-state index is 0.134. The number of carbonyl (C=O) groups excluding carboxylic acids is 1. The Morgan fingerprint density at radius 3 is 2.60 bits per heavy atom. The van der Waals surface area contributed by atoms with E-state index in [4.69, 9.17) is 16.3 Å². The van der Waals surface area contributed by atoms with Crippen molar-refractivity contribution in [1.29, 1.82) is 0 Å². The van der Waals surface area contributed by atoms with Gasteiger partial charge >= 0.3 is 5.97 Å². The number of rotatable bonds is 7. The lowest BCUT2D eigenvalue weighted by Crippen LogP contribution is -2.19. The number of hydrogen-bond donors (Lipinski definition) is 1. The van der Waals surface area contributed by atoms with Gasteiger partial charge in [-0.25, -0.2) is 13.2 Å². The van der Waals surface area contributed by atoms with Gasteiger partial charge in [0.2, 0.25) is 10.0 Å². The van der Waals surface area contributed by atoms with Crippen LogP contribution in [0.2, 0.25) is 5.02 Å². The van der Waals surface area contributed by atoms with Crippen molar-refractivity contribution in [1.82, 2.24) is 0 Å². The summed E-state index contributed by atoms with van der Waals surface area (Å²) >= 11 is 6.01. The second kappa shape index (κ2) is 8.22. The number of ether oxygens (including phenoxy) is 2. The van der Waals surface area contributed by atoms with Gasteiger partial charge in [0.05, 0.1) is 36.2 Å². The van der Waals surface area contributed by atoms with Crippen LogP contribution in [0.25, 0.3) is 0 Å². The maximum absolute atomic E-state index is 12.3. The lowest BCUT2D eigenvalue weighted by atomic mass is 10.2. The van der Waals surface area contributed by atoms with Gasteiger partial charge < -0.3 is 9.47 Å². The highest BCUT2D eigenvalue weighted by Gasteiger charge is 2.15. The molecule has 0 aliphatic heterocycles. The molecule has 0 saturated heterocycles. The molecule has 1 N–H and O–H groups in total. The highest BCUT2D eigenvalue weighted by Crippen LogP contribution is 2.25. The molecule has 0 aliphatic rings. The lowest BCUT2D eigenvalue weighted by molar-refractivity contribution is 0.0601. The van der Waals surface area contributed by atoms with E-state index in [0.29, 0.717) is 12.2 Å². The smallest absolute Gasteiger partial charge is 0.337 e. The molecule has 6 nitrogen and oxygen atoms in total. The van der Waals surface area contributed by atoms with Crippen LogP contribution in [0.1, 0.15) is 15.9 Å². The van der Waals surface area contributed by atoms with Crippen LogP contribution in [0, 0.1) is 0 Å². The summed E-state index contributed by atoms with van der Waals surface area (Å²) in [5, 5.41) is 0.192. The molecule has 2 rings (SSSR count). The van der Waals surface area contributed by atoms with Crippen LogP contribution in [0.5, 0.6) is 5.75 Å². The molecule has 0 unspecified atom stereocenters. The molecule has 0 saturated carbocycles. The summed E-state index contributed by atoms with van der Waals surface area (Å²) in [6.07, 6.45) is 0.306. The minimum Gasteiger partial charge on any atom is -0.497 e. The van der Waals surface area contributed by atoms with Gasteiger partial charge in [0, 0.05) is 0 Å². The van der Waals surface area contributed by atoms with Crippen LogP contribution in [-0.4, -0.2) is 34.4 Å². The molecule has 2 aromatic rings. The fourth-order valence-electron chi connectivity index (χ4n) is 2.15. The third-order valence-corrected chi connectivity index (χ3v) is 5.05. The molecular weight excluding hydrogens is 366 g/mol. The summed E-state index contributed by atoms with van der Waals surface area (Å²) in [4.78, 5) is 11.6. The fourth-order valence-corrected chi connectivity index (χ4v) is 3.48. The number of aryl methyl sites for hydroxylation is 1. The number of methoxy groups -OCH3 is 2. The van der Waals surface area contributed by atoms with Crippen molar-refractivity contribution in [2.75, 3.05) is 24.7 Å². The number of halogens is 1. The number of esters is 1. The molecule has 0 heterocycles. The standard InChI is InChI=1S/C17H18ClNO5S/c1-23-14-5-3-4-12(10-14)8-9-25(21,22)19-16-11-13(17(20)24-2)6-7-15(16)18/h3-7,10-11,19H,8-9H2,1-2H3. The first-order chi connectivity index (χ1) is 11.8. The van der Waals surface area contributed by atoms with Gasteiger partial charge in [-0.05, 0) is 42.3 Å². The lowest BCUT2D eigenvalue weighted by Gasteiger charge is -2.11. The maximum atomic E-state index is 12.3. The van der Waals surface area contributed by atoms with E-state index in [1.807, 2.05) is 6.07 Å². The number of anilines is 1. The normalized spacial score (nSPS) is 11.0. The molecule has 0 fully saturated rings. The molecule has 8 heteroatoms. The Labute approximate surface area is 151 Å². The Balaban J connectivity index is 2.11. The average Bonchev–Trinajstić information content (AvgIpc) is 2.61. The van der Waals surface area contributed by atoms with E-state index < -0.39 is 16.0 Å². The van der Waals surface area contributed by atoms with E-state index >= 15 is 0 Å². The van der Waals surface area contributed by atoms with Crippen molar-refractivity contribution in [2.24, 2.45) is 0 Å². The summed E-state index contributed by atoms with van der Waals surface area (Å²) in [5.74, 6) is -0.0518. The second-order valence-corrected chi connectivity index (χ2v) is 7.46. The van der Waals surface area contributed by atoms with Crippen molar-refractivity contribution in [3.63, 3.8) is 0 Å². The Hall–Kier alpha value is -2.25. The van der Waals surface area contributed by atoms with Crippen LogP contribution in [0.4, 0.5) is 5.69 Å². The number of benzene rings is 2. The summed E-state index contributed by atoms with van der Waals surface area (Å²) in [5.41, 5.74) is 1.17. The molecule has 2 aromatic carbocycles. The van der Waals surface area contributed by atoms with Gasteiger partial charge in [-0.1, -0.05) is 23.7 Å².